The zero-order chi connectivity index (χ0) is 24.9. The van der Waals surface area contributed by atoms with E-state index in [1.54, 1.807) is 23.1 Å². The quantitative estimate of drug-likeness (QED) is 0.371. The van der Waals surface area contributed by atoms with Gasteiger partial charge >= 0.3 is 0 Å². The van der Waals surface area contributed by atoms with E-state index in [-0.39, 0.29) is 24.8 Å². The van der Waals surface area contributed by atoms with Crippen molar-refractivity contribution in [3.63, 3.8) is 0 Å². The van der Waals surface area contributed by atoms with Crippen molar-refractivity contribution >= 4 is 45.8 Å². The summed E-state index contributed by atoms with van der Waals surface area (Å²) in [6.07, 6.45) is 1.32. The molecule has 3 aromatic carbocycles. The van der Waals surface area contributed by atoms with E-state index in [0.29, 0.717) is 28.5 Å². The van der Waals surface area contributed by atoms with Crippen LogP contribution in [0.15, 0.2) is 60.7 Å². The van der Waals surface area contributed by atoms with Gasteiger partial charge in [0.1, 0.15) is 6.04 Å². The Kier molecular flexibility index (Phi) is 8.62. The third-order valence-electron chi connectivity index (χ3n) is 5.76. The lowest BCUT2D eigenvalue weighted by molar-refractivity contribution is -0.142. The van der Waals surface area contributed by atoms with Gasteiger partial charge in [0.15, 0.2) is 0 Å². The lowest BCUT2D eigenvalue weighted by Crippen LogP contribution is -2.53. The first-order valence-corrected chi connectivity index (χ1v) is 12.4. The van der Waals surface area contributed by atoms with Gasteiger partial charge in [0.2, 0.25) is 11.8 Å². The number of benzene rings is 3. The average Bonchev–Trinajstić information content (AvgIpc) is 2.78. The molecule has 0 aliphatic rings. The number of aryl methyl sites for hydroxylation is 1. The zero-order valence-corrected chi connectivity index (χ0v) is 21.7. The Bertz CT molecular complexity index is 1150. The molecule has 6 heteroatoms. The molecule has 0 aromatic heterocycles. The number of halogens is 2. The summed E-state index contributed by atoms with van der Waals surface area (Å²) in [6, 6.07) is 18.9. The largest absolute Gasteiger partial charge is 0.350 e. The smallest absolute Gasteiger partial charge is 0.243 e. The van der Waals surface area contributed by atoms with Gasteiger partial charge in [0, 0.05) is 34.1 Å². The van der Waals surface area contributed by atoms with Gasteiger partial charge in [-0.3, -0.25) is 9.59 Å². The maximum Gasteiger partial charge on any atom is 0.243 e. The molecule has 0 aliphatic heterocycles. The molecular formula is C28H32Cl2N2O2. The molecule has 0 aliphatic carbocycles. The summed E-state index contributed by atoms with van der Waals surface area (Å²) in [5, 5.41) is 6.25. The van der Waals surface area contributed by atoms with E-state index in [9.17, 15) is 9.59 Å². The Labute approximate surface area is 212 Å². The van der Waals surface area contributed by atoms with Crippen LogP contribution in [0.5, 0.6) is 0 Å². The van der Waals surface area contributed by atoms with Crippen molar-refractivity contribution in [3.8, 4) is 0 Å². The van der Waals surface area contributed by atoms with Crippen molar-refractivity contribution in [2.24, 2.45) is 0 Å². The van der Waals surface area contributed by atoms with E-state index < -0.39 is 11.6 Å². The maximum absolute atomic E-state index is 13.6. The molecular weight excluding hydrogens is 467 g/mol. The molecule has 1 N–H and O–H groups in total. The first-order valence-electron chi connectivity index (χ1n) is 11.6. The minimum absolute atomic E-state index is 0.111. The van der Waals surface area contributed by atoms with Crippen LogP contribution in [0.3, 0.4) is 0 Å². The Morgan fingerprint density at radius 1 is 0.941 bits per heavy atom. The van der Waals surface area contributed by atoms with E-state index in [4.69, 9.17) is 23.2 Å². The predicted molar refractivity (Wildman–Crippen MR) is 141 cm³/mol. The molecule has 0 heterocycles. The van der Waals surface area contributed by atoms with Gasteiger partial charge in [-0.15, -0.1) is 0 Å². The molecule has 34 heavy (non-hydrogen) atoms. The highest BCUT2D eigenvalue weighted by Gasteiger charge is 2.31. The van der Waals surface area contributed by atoms with Gasteiger partial charge in [-0.2, -0.15) is 0 Å². The molecule has 1 atom stereocenters. The summed E-state index contributed by atoms with van der Waals surface area (Å²) < 4.78 is 0. The molecule has 3 rings (SSSR count). The highest BCUT2D eigenvalue weighted by Crippen LogP contribution is 2.28. The van der Waals surface area contributed by atoms with Gasteiger partial charge in [0.05, 0.1) is 0 Å². The number of rotatable bonds is 8. The number of amides is 2. The highest BCUT2D eigenvalue weighted by molar-refractivity contribution is 6.36. The molecule has 0 fully saturated rings. The van der Waals surface area contributed by atoms with E-state index >= 15 is 0 Å². The Balaban J connectivity index is 1.89. The predicted octanol–water partition coefficient (Wildman–Crippen LogP) is 6.80. The molecule has 0 radical (unpaired) electrons. The summed E-state index contributed by atoms with van der Waals surface area (Å²) in [6.45, 7) is 7.86. The van der Waals surface area contributed by atoms with Crippen molar-refractivity contribution in [1.29, 1.82) is 0 Å². The van der Waals surface area contributed by atoms with Gasteiger partial charge in [-0.25, -0.2) is 0 Å². The summed E-state index contributed by atoms with van der Waals surface area (Å²) in [7, 11) is 0. The van der Waals surface area contributed by atoms with E-state index in [1.807, 2.05) is 45.9 Å². The summed E-state index contributed by atoms with van der Waals surface area (Å²) >= 11 is 12.9. The summed E-state index contributed by atoms with van der Waals surface area (Å²) in [5.74, 6) is -0.295. The topological polar surface area (TPSA) is 49.4 Å². The number of carbonyl (C=O) groups is 2. The van der Waals surface area contributed by atoms with Gasteiger partial charge in [0.25, 0.3) is 0 Å². The van der Waals surface area contributed by atoms with Crippen LogP contribution in [0.2, 0.25) is 10.0 Å². The molecule has 0 bridgehead atoms. The van der Waals surface area contributed by atoms with E-state index in [0.717, 1.165) is 16.3 Å². The fourth-order valence-electron chi connectivity index (χ4n) is 4.12. The van der Waals surface area contributed by atoms with Gasteiger partial charge in [-0.1, -0.05) is 78.7 Å². The van der Waals surface area contributed by atoms with Crippen molar-refractivity contribution in [3.05, 3.63) is 81.8 Å². The molecule has 1 unspecified atom stereocenters. The third kappa shape index (κ3) is 6.52. The van der Waals surface area contributed by atoms with E-state index in [2.05, 4.69) is 29.6 Å². The maximum atomic E-state index is 13.6. The minimum Gasteiger partial charge on any atom is -0.350 e. The Morgan fingerprint density at radius 2 is 1.56 bits per heavy atom. The van der Waals surface area contributed by atoms with Crippen molar-refractivity contribution < 1.29 is 9.59 Å². The molecule has 2 amide bonds. The highest BCUT2D eigenvalue weighted by atomic mass is 35.5. The molecule has 0 saturated heterocycles. The van der Waals surface area contributed by atoms with Crippen LogP contribution in [0, 0.1) is 0 Å². The monoisotopic (exact) mass is 498 g/mol. The zero-order valence-electron chi connectivity index (χ0n) is 20.2. The second-order valence-electron chi connectivity index (χ2n) is 9.52. The van der Waals surface area contributed by atoms with Crippen molar-refractivity contribution in [2.75, 3.05) is 0 Å². The molecule has 4 nitrogen and oxygen atoms in total. The lowest BCUT2D eigenvalue weighted by atomic mass is 10.00. The van der Waals surface area contributed by atoms with Crippen LogP contribution in [0.4, 0.5) is 0 Å². The standard InChI is InChI=1S/C28H32Cl2N2O2/c1-5-25(27(34)31-28(2,3)4)32(18-22-23(29)14-9-15-24(22)30)26(33)17-16-20-12-8-11-19-10-6-7-13-21(19)20/h6-15,25H,5,16-18H2,1-4H3,(H,31,34). The first kappa shape index (κ1) is 26.1. The van der Waals surface area contributed by atoms with Crippen LogP contribution in [0.25, 0.3) is 10.8 Å². The second kappa shape index (κ2) is 11.2. The third-order valence-corrected chi connectivity index (χ3v) is 6.47. The van der Waals surface area contributed by atoms with Crippen LogP contribution in [0.1, 0.15) is 51.7 Å². The van der Waals surface area contributed by atoms with Crippen molar-refractivity contribution in [1.82, 2.24) is 10.2 Å². The first-order chi connectivity index (χ1) is 16.1. The number of carbonyl (C=O) groups excluding carboxylic acids is 2. The van der Waals surface area contributed by atoms with Crippen LogP contribution >= 0.6 is 23.2 Å². The fraction of sp³-hybridized carbons (Fsp3) is 0.357. The molecule has 0 spiro atoms. The Hall–Kier alpha value is -2.56. The number of nitrogens with one attached hydrogen (secondary N) is 1. The summed E-state index contributed by atoms with van der Waals surface area (Å²) in [5.41, 5.74) is 1.34. The van der Waals surface area contributed by atoms with Crippen LogP contribution < -0.4 is 5.32 Å². The van der Waals surface area contributed by atoms with Gasteiger partial charge in [-0.05, 0) is 62.1 Å². The Morgan fingerprint density at radius 3 is 2.21 bits per heavy atom. The molecule has 180 valence electrons. The number of fused-ring (bicyclic) bond motifs is 1. The SMILES string of the molecule is CCC(C(=O)NC(C)(C)C)N(Cc1c(Cl)cccc1Cl)C(=O)CCc1cccc2ccccc12. The van der Waals surface area contributed by atoms with Crippen molar-refractivity contribution in [2.45, 2.75) is 65.1 Å². The van der Waals surface area contributed by atoms with Crippen LogP contribution in [-0.2, 0) is 22.6 Å². The number of nitrogens with zero attached hydrogens (tertiary/aromatic N) is 1. The normalized spacial score (nSPS) is 12.4. The number of hydrogen-bond donors (Lipinski definition) is 1. The number of hydrogen-bond acceptors (Lipinski definition) is 2. The fourth-order valence-corrected chi connectivity index (χ4v) is 4.64. The summed E-state index contributed by atoms with van der Waals surface area (Å²) in [4.78, 5) is 28.4. The lowest BCUT2D eigenvalue weighted by Gasteiger charge is -2.33. The molecule has 3 aromatic rings. The average molecular weight is 499 g/mol. The second-order valence-corrected chi connectivity index (χ2v) is 10.3. The molecule has 0 saturated carbocycles. The van der Waals surface area contributed by atoms with Gasteiger partial charge < -0.3 is 10.2 Å². The minimum atomic E-state index is -0.633. The van der Waals surface area contributed by atoms with E-state index in [1.165, 1.54) is 0 Å². The van der Waals surface area contributed by atoms with Crippen LogP contribution in [-0.4, -0.2) is 28.3 Å².